The molecular formula is C30H29F3N2O4. The van der Waals surface area contributed by atoms with Gasteiger partial charge >= 0.3 is 0 Å². The molecule has 0 aliphatic rings. The van der Waals surface area contributed by atoms with Crippen molar-refractivity contribution in [2.75, 3.05) is 12.4 Å². The Morgan fingerprint density at radius 1 is 0.821 bits per heavy atom. The van der Waals surface area contributed by atoms with Crippen molar-refractivity contribution in [3.05, 3.63) is 115 Å². The van der Waals surface area contributed by atoms with Gasteiger partial charge in [0.05, 0.1) is 13.2 Å². The van der Waals surface area contributed by atoms with Crippen molar-refractivity contribution < 1.29 is 22.6 Å². The van der Waals surface area contributed by atoms with Crippen LogP contribution in [0, 0.1) is 17.5 Å². The first-order valence-electron chi connectivity index (χ1n) is 12.3. The zero-order chi connectivity index (χ0) is 28.5. The summed E-state index contributed by atoms with van der Waals surface area (Å²) in [6, 6.07) is 13.6. The van der Waals surface area contributed by atoms with Gasteiger partial charge < -0.3 is 14.8 Å². The highest BCUT2D eigenvalue weighted by atomic mass is 19.2. The van der Waals surface area contributed by atoms with E-state index in [2.05, 4.69) is 10.6 Å². The molecule has 0 bridgehead atoms. The Hall–Kier alpha value is -4.11. The number of methoxy groups -OCH3 is 1. The number of halogens is 3. The van der Waals surface area contributed by atoms with Crippen molar-refractivity contribution in [3.8, 4) is 11.5 Å². The third-order valence-corrected chi connectivity index (χ3v) is 6.15. The van der Waals surface area contributed by atoms with Crippen LogP contribution in [0.4, 0.5) is 24.5 Å². The van der Waals surface area contributed by atoms with E-state index in [1.54, 1.807) is 58.0 Å². The van der Waals surface area contributed by atoms with Gasteiger partial charge in [-0.25, -0.2) is 13.2 Å². The molecule has 2 N–H and O–H groups in total. The minimum absolute atomic E-state index is 0.0370. The molecule has 6 nitrogen and oxygen atoms in total. The Bertz CT molecular complexity index is 1550. The fraction of sp³-hybridized carbons (Fsp3) is 0.267. The van der Waals surface area contributed by atoms with E-state index in [9.17, 15) is 22.8 Å². The topological polar surface area (TPSA) is 76.7 Å². The molecule has 0 aliphatic carbocycles. The van der Waals surface area contributed by atoms with Gasteiger partial charge in [-0.05, 0) is 81.3 Å². The molecule has 0 saturated heterocycles. The summed E-state index contributed by atoms with van der Waals surface area (Å²) in [7, 11) is 1.50. The van der Waals surface area contributed by atoms with Crippen molar-refractivity contribution >= 4 is 11.4 Å². The Kier molecular flexibility index (Phi) is 7.83. The number of benzene rings is 3. The summed E-state index contributed by atoms with van der Waals surface area (Å²) in [6.07, 6.45) is 0. The molecule has 0 heterocycles. The van der Waals surface area contributed by atoms with Crippen molar-refractivity contribution in [2.24, 2.45) is 0 Å². The van der Waals surface area contributed by atoms with Crippen LogP contribution in [0.2, 0.25) is 0 Å². The lowest BCUT2D eigenvalue weighted by Gasteiger charge is -2.27. The maximum absolute atomic E-state index is 14.0. The minimum Gasteiger partial charge on any atom is -0.496 e. The number of ether oxygens (including phenoxy) is 2. The average molecular weight is 539 g/mol. The predicted molar refractivity (Wildman–Crippen MR) is 144 cm³/mol. The van der Waals surface area contributed by atoms with Crippen LogP contribution in [0.25, 0.3) is 0 Å². The molecule has 0 amide bonds. The van der Waals surface area contributed by atoms with Crippen LogP contribution in [0.1, 0.15) is 56.5 Å². The quantitative estimate of drug-likeness (QED) is 0.252. The summed E-state index contributed by atoms with van der Waals surface area (Å²) in [4.78, 5) is 24.5. The molecule has 4 rings (SSSR count). The molecule has 0 spiro atoms. The van der Waals surface area contributed by atoms with E-state index in [4.69, 9.17) is 9.47 Å². The van der Waals surface area contributed by atoms with Crippen LogP contribution in [0.5, 0.6) is 11.5 Å². The van der Waals surface area contributed by atoms with Gasteiger partial charge in [-0.15, -0.1) is 0 Å². The molecule has 4 aromatic carbocycles. The van der Waals surface area contributed by atoms with E-state index < -0.39 is 46.0 Å². The monoisotopic (exact) mass is 538 g/mol. The summed E-state index contributed by atoms with van der Waals surface area (Å²) < 4.78 is 52.6. The van der Waals surface area contributed by atoms with Crippen LogP contribution < -0.4 is 31.0 Å². The van der Waals surface area contributed by atoms with Crippen LogP contribution >= 0.6 is 0 Å². The first-order valence-corrected chi connectivity index (χ1v) is 12.3. The van der Waals surface area contributed by atoms with Gasteiger partial charge in [0.2, 0.25) is 0 Å². The van der Waals surface area contributed by atoms with Gasteiger partial charge in [-0.3, -0.25) is 14.9 Å². The lowest BCUT2D eigenvalue weighted by atomic mass is 9.95. The smallest absolute Gasteiger partial charge is 0.272 e. The average Bonchev–Trinajstić information content (AvgIpc) is 2.90. The first-order chi connectivity index (χ1) is 18.4. The Morgan fingerprint density at radius 2 is 1.49 bits per heavy atom. The highest BCUT2D eigenvalue weighted by Gasteiger charge is 2.28. The predicted octanol–water partition coefficient (Wildman–Crippen LogP) is 6.07. The Labute approximate surface area is 224 Å². The molecule has 2 unspecified atom stereocenters. The number of hydrogen-bond acceptors (Lipinski definition) is 6. The van der Waals surface area contributed by atoms with Crippen molar-refractivity contribution in [2.45, 2.75) is 45.4 Å². The Morgan fingerprint density at radius 3 is 2.10 bits per heavy atom. The highest BCUT2D eigenvalue weighted by molar-refractivity contribution is 5.71. The number of nitrogens with one attached hydrogen (secondary N) is 2. The van der Waals surface area contributed by atoms with Crippen LogP contribution in [0.15, 0.2) is 70.3 Å². The van der Waals surface area contributed by atoms with Crippen molar-refractivity contribution in [1.29, 1.82) is 0 Å². The SMILES string of the molecule is COc1ccc(Nc2c(OC(C)(C)C)c(=O)c2=O)cc1C(NC(C)c1ccc(F)c(F)c1)c1ccc(F)cc1. The van der Waals surface area contributed by atoms with Crippen molar-refractivity contribution in [1.82, 2.24) is 5.32 Å². The van der Waals surface area contributed by atoms with E-state index in [0.29, 0.717) is 28.1 Å². The van der Waals surface area contributed by atoms with Gasteiger partial charge in [0, 0.05) is 17.3 Å². The molecular weight excluding hydrogens is 509 g/mol. The second kappa shape index (κ2) is 10.9. The van der Waals surface area contributed by atoms with E-state index in [1.807, 2.05) is 0 Å². The van der Waals surface area contributed by atoms with Crippen molar-refractivity contribution in [3.63, 3.8) is 0 Å². The number of hydrogen-bond donors (Lipinski definition) is 2. The molecule has 9 heteroatoms. The summed E-state index contributed by atoms with van der Waals surface area (Å²) in [5, 5.41) is 6.38. The lowest BCUT2D eigenvalue weighted by Crippen LogP contribution is -2.39. The summed E-state index contributed by atoms with van der Waals surface area (Å²) >= 11 is 0. The number of rotatable bonds is 9. The Balaban J connectivity index is 1.74. The fourth-order valence-electron chi connectivity index (χ4n) is 4.22. The standard InChI is InChI=1S/C30H29F3N2O4/c1-16(18-8-12-22(32)23(33)14-18)34-25(17-6-9-19(31)10-7-17)21-15-20(11-13-24(21)38-5)35-26-27(36)28(37)29(26)39-30(2,3)4/h6-16,25,34-35H,1-5H3. The molecule has 0 saturated carbocycles. The van der Waals surface area contributed by atoms with Gasteiger partial charge in [0.15, 0.2) is 17.4 Å². The van der Waals surface area contributed by atoms with Gasteiger partial charge in [-0.1, -0.05) is 18.2 Å². The van der Waals surface area contributed by atoms with Crippen LogP contribution in [-0.2, 0) is 0 Å². The third kappa shape index (κ3) is 6.15. The zero-order valence-corrected chi connectivity index (χ0v) is 22.2. The molecule has 39 heavy (non-hydrogen) atoms. The minimum atomic E-state index is -0.968. The van der Waals surface area contributed by atoms with Crippen LogP contribution in [0.3, 0.4) is 0 Å². The second-order valence-electron chi connectivity index (χ2n) is 10.2. The highest BCUT2D eigenvalue weighted by Crippen LogP contribution is 2.36. The molecule has 0 fully saturated rings. The molecule has 0 aliphatic heterocycles. The van der Waals surface area contributed by atoms with Gasteiger partial charge in [0.1, 0.15) is 22.9 Å². The maximum Gasteiger partial charge on any atom is 0.272 e. The van der Waals surface area contributed by atoms with E-state index in [0.717, 1.165) is 12.1 Å². The normalized spacial score (nSPS) is 13.2. The van der Waals surface area contributed by atoms with E-state index in [1.165, 1.54) is 25.3 Å². The molecule has 4 aromatic rings. The zero-order valence-electron chi connectivity index (χ0n) is 22.2. The van der Waals surface area contributed by atoms with Crippen LogP contribution in [-0.4, -0.2) is 12.7 Å². The van der Waals surface area contributed by atoms with E-state index in [-0.39, 0.29) is 11.4 Å². The summed E-state index contributed by atoms with van der Waals surface area (Å²) in [5.41, 5.74) is 0.240. The number of anilines is 2. The molecule has 0 radical (unpaired) electrons. The summed E-state index contributed by atoms with van der Waals surface area (Å²) in [5.74, 6) is -1.89. The third-order valence-electron chi connectivity index (χ3n) is 6.15. The lowest BCUT2D eigenvalue weighted by molar-refractivity contribution is 0.128. The summed E-state index contributed by atoms with van der Waals surface area (Å²) in [6.45, 7) is 7.10. The maximum atomic E-state index is 14.0. The molecule has 204 valence electrons. The molecule has 2 atom stereocenters. The molecule has 0 aromatic heterocycles. The second-order valence-corrected chi connectivity index (χ2v) is 10.2. The van der Waals surface area contributed by atoms with E-state index >= 15 is 0 Å². The van der Waals surface area contributed by atoms with Gasteiger partial charge in [0.25, 0.3) is 10.9 Å². The largest absolute Gasteiger partial charge is 0.496 e. The fourth-order valence-corrected chi connectivity index (χ4v) is 4.22. The first kappa shape index (κ1) is 27.9. The van der Waals surface area contributed by atoms with Gasteiger partial charge in [-0.2, -0.15) is 0 Å².